The number of carbonyl (C=O) groups excluding carboxylic acids is 1. The zero-order valence-corrected chi connectivity index (χ0v) is 13.2. The highest BCUT2D eigenvalue weighted by atomic mass is 16.1. The monoisotopic (exact) mass is 286 g/mol. The van der Waals surface area contributed by atoms with Crippen LogP contribution in [0.5, 0.6) is 0 Å². The summed E-state index contributed by atoms with van der Waals surface area (Å²) in [5.41, 5.74) is 4.11. The van der Waals surface area contributed by atoms with Gasteiger partial charge in [0, 0.05) is 25.6 Å². The molecular formula is C18H26N2O. The summed E-state index contributed by atoms with van der Waals surface area (Å²) < 4.78 is 0. The highest BCUT2D eigenvalue weighted by Gasteiger charge is 2.36. The van der Waals surface area contributed by atoms with Gasteiger partial charge in [0.1, 0.15) is 0 Å². The molecule has 0 spiro atoms. The van der Waals surface area contributed by atoms with E-state index in [9.17, 15) is 4.79 Å². The number of fused-ring (bicyclic) bond motifs is 1. The van der Waals surface area contributed by atoms with E-state index in [-0.39, 0.29) is 17.2 Å². The Bertz CT molecular complexity index is 536. The lowest BCUT2D eigenvalue weighted by Crippen LogP contribution is -2.40. The van der Waals surface area contributed by atoms with Crippen molar-refractivity contribution in [1.29, 1.82) is 0 Å². The molecule has 2 aliphatic rings. The van der Waals surface area contributed by atoms with Crippen LogP contribution in [0.15, 0.2) is 18.2 Å². The van der Waals surface area contributed by atoms with E-state index in [2.05, 4.69) is 42.7 Å². The van der Waals surface area contributed by atoms with Crippen molar-refractivity contribution >= 4 is 5.91 Å². The highest BCUT2D eigenvalue weighted by molar-refractivity contribution is 5.79. The average Bonchev–Trinajstić information content (AvgIpc) is 2.91. The Morgan fingerprint density at radius 2 is 2.10 bits per heavy atom. The Hall–Kier alpha value is -1.35. The largest absolute Gasteiger partial charge is 0.352 e. The molecule has 0 bridgehead atoms. The van der Waals surface area contributed by atoms with Crippen molar-refractivity contribution in [3.8, 4) is 0 Å². The molecule has 1 aliphatic carbocycles. The maximum absolute atomic E-state index is 12.5. The van der Waals surface area contributed by atoms with E-state index in [1.165, 1.54) is 29.5 Å². The molecule has 1 heterocycles. The van der Waals surface area contributed by atoms with Gasteiger partial charge in [-0.3, -0.25) is 4.79 Å². The highest BCUT2D eigenvalue weighted by Crippen LogP contribution is 2.40. The number of hydrogen-bond acceptors (Lipinski definition) is 2. The molecule has 3 heteroatoms. The molecule has 3 rings (SSSR count). The minimum absolute atomic E-state index is 0.143. The second kappa shape index (κ2) is 5.80. The van der Waals surface area contributed by atoms with Gasteiger partial charge in [0.15, 0.2) is 0 Å². The first kappa shape index (κ1) is 14.6. The third-order valence-corrected chi connectivity index (χ3v) is 5.19. The summed E-state index contributed by atoms with van der Waals surface area (Å²) in [6.45, 7) is 7.04. The minimum Gasteiger partial charge on any atom is -0.352 e. The van der Waals surface area contributed by atoms with Crippen LogP contribution in [-0.4, -0.2) is 5.91 Å². The van der Waals surface area contributed by atoms with Gasteiger partial charge in [0.05, 0.1) is 0 Å². The molecule has 1 amide bonds. The van der Waals surface area contributed by atoms with Crippen LogP contribution in [0.4, 0.5) is 0 Å². The van der Waals surface area contributed by atoms with E-state index in [4.69, 9.17) is 0 Å². The molecule has 1 saturated carbocycles. The predicted octanol–water partition coefficient (Wildman–Crippen LogP) is 3.12. The molecule has 114 valence electrons. The number of carbonyl (C=O) groups is 1. The van der Waals surface area contributed by atoms with Crippen molar-refractivity contribution in [2.45, 2.75) is 59.2 Å². The maximum Gasteiger partial charge on any atom is 0.223 e. The molecule has 0 aromatic heterocycles. The fraction of sp³-hybridized carbons (Fsp3) is 0.611. The number of nitrogens with one attached hydrogen (secondary N) is 2. The van der Waals surface area contributed by atoms with Crippen LogP contribution in [0.3, 0.4) is 0 Å². The van der Waals surface area contributed by atoms with E-state index >= 15 is 0 Å². The van der Waals surface area contributed by atoms with Gasteiger partial charge < -0.3 is 10.6 Å². The van der Waals surface area contributed by atoms with Crippen molar-refractivity contribution in [2.24, 2.45) is 11.3 Å². The second-order valence-corrected chi connectivity index (χ2v) is 7.21. The van der Waals surface area contributed by atoms with Gasteiger partial charge in [-0.15, -0.1) is 0 Å². The summed E-state index contributed by atoms with van der Waals surface area (Å²) >= 11 is 0. The van der Waals surface area contributed by atoms with Gasteiger partial charge in [-0.05, 0) is 34.9 Å². The maximum atomic E-state index is 12.5. The fourth-order valence-corrected chi connectivity index (χ4v) is 3.75. The van der Waals surface area contributed by atoms with Crippen LogP contribution in [0.2, 0.25) is 0 Å². The minimum atomic E-state index is 0.143. The van der Waals surface area contributed by atoms with Crippen molar-refractivity contribution in [2.75, 3.05) is 0 Å². The van der Waals surface area contributed by atoms with E-state index in [1.807, 2.05) is 0 Å². The zero-order chi connectivity index (χ0) is 14.9. The van der Waals surface area contributed by atoms with Gasteiger partial charge in [-0.1, -0.05) is 44.9 Å². The first-order valence-corrected chi connectivity index (χ1v) is 8.15. The summed E-state index contributed by atoms with van der Waals surface area (Å²) in [6.07, 6.45) is 4.64. The Labute approximate surface area is 127 Å². The number of rotatable bonds is 3. The first-order valence-electron chi connectivity index (χ1n) is 8.15. The SMILES string of the molecule is CC1(C)CCCCC1C(=O)NCc1ccc2c(c1)CNC2. The fourth-order valence-electron chi connectivity index (χ4n) is 3.75. The number of benzene rings is 1. The third kappa shape index (κ3) is 3.13. The standard InChI is InChI=1S/C18H26N2O/c1-18(2)8-4-3-5-16(18)17(21)20-10-13-6-7-14-11-19-12-15(14)9-13/h6-7,9,16,19H,3-5,8,10-12H2,1-2H3,(H,20,21). The molecule has 1 fully saturated rings. The Kier molecular flexibility index (Phi) is 4.03. The Balaban J connectivity index is 1.60. The van der Waals surface area contributed by atoms with E-state index in [1.54, 1.807) is 0 Å². The summed E-state index contributed by atoms with van der Waals surface area (Å²) in [6, 6.07) is 6.54. The quantitative estimate of drug-likeness (QED) is 0.896. The molecule has 3 nitrogen and oxygen atoms in total. The first-order chi connectivity index (χ1) is 10.1. The van der Waals surface area contributed by atoms with Gasteiger partial charge in [-0.2, -0.15) is 0 Å². The molecule has 21 heavy (non-hydrogen) atoms. The normalized spacial score (nSPS) is 23.6. The van der Waals surface area contributed by atoms with Crippen LogP contribution in [0.25, 0.3) is 0 Å². The van der Waals surface area contributed by atoms with Crippen LogP contribution >= 0.6 is 0 Å². The molecule has 1 aromatic rings. The summed E-state index contributed by atoms with van der Waals surface area (Å²) in [4.78, 5) is 12.5. The van der Waals surface area contributed by atoms with Gasteiger partial charge in [-0.25, -0.2) is 0 Å². The molecule has 0 saturated heterocycles. The van der Waals surface area contributed by atoms with E-state index in [0.29, 0.717) is 6.54 Å². The second-order valence-electron chi connectivity index (χ2n) is 7.21. The molecule has 1 aromatic carbocycles. The smallest absolute Gasteiger partial charge is 0.223 e. The van der Waals surface area contributed by atoms with Crippen molar-refractivity contribution in [3.63, 3.8) is 0 Å². The molecular weight excluding hydrogens is 260 g/mol. The molecule has 1 aliphatic heterocycles. The lowest BCUT2D eigenvalue weighted by atomic mass is 9.68. The molecule has 0 radical (unpaired) electrons. The summed E-state index contributed by atoms with van der Waals surface area (Å²) in [5, 5.41) is 6.51. The molecule has 1 unspecified atom stereocenters. The van der Waals surface area contributed by atoms with Crippen molar-refractivity contribution < 1.29 is 4.79 Å². The average molecular weight is 286 g/mol. The van der Waals surface area contributed by atoms with Gasteiger partial charge in [0.2, 0.25) is 5.91 Å². The molecule has 2 N–H and O–H groups in total. The topological polar surface area (TPSA) is 41.1 Å². The van der Waals surface area contributed by atoms with Crippen molar-refractivity contribution in [1.82, 2.24) is 10.6 Å². The Morgan fingerprint density at radius 1 is 1.29 bits per heavy atom. The van der Waals surface area contributed by atoms with Gasteiger partial charge >= 0.3 is 0 Å². The number of hydrogen-bond donors (Lipinski definition) is 2. The number of amides is 1. The van der Waals surface area contributed by atoms with Crippen LogP contribution < -0.4 is 10.6 Å². The lowest BCUT2D eigenvalue weighted by Gasteiger charge is -2.37. The van der Waals surface area contributed by atoms with Gasteiger partial charge in [0.25, 0.3) is 0 Å². The Morgan fingerprint density at radius 3 is 2.90 bits per heavy atom. The predicted molar refractivity (Wildman–Crippen MR) is 84.6 cm³/mol. The lowest BCUT2D eigenvalue weighted by molar-refractivity contribution is -0.130. The van der Waals surface area contributed by atoms with Crippen LogP contribution in [0.1, 0.15) is 56.2 Å². The summed E-state index contributed by atoms with van der Waals surface area (Å²) in [5.74, 6) is 0.403. The third-order valence-electron chi connectivity index (χ3n) is 5.19. The summed E-state index contributed by atoms with van der Waals surface area (Å²) in [7, 11) is 0. The molecule has 1 atom stereocenters. The zero-order valence-electron chi connectivity index (χ0n) is 13.2. The van der Waals surface area contributed by atoms with Crippen LogP contribution in [0, 0.1) is 11.3 Å². The van der Waals surface area contributed by atoms with Crippen LogP contribution in [-0.2, 0) is 24.4 Å². The van der Waals surface area contributed by atoms with E-state index in [0.717, 1.165) is 25.9 Å². The van der Waals surface area contributed by atoms with E-state index < -0.39 is 0 Å². The van der Waals surface area contributed by atoms with Crippen molar-refractivity contribution in [3.05, 3.63) is 34.9 Å².